The normalized spacial score (nSPS) is 11.7. The van der Waals surface area contributed by atoms with Gasteiger partial charge in [-0.3, -0.25) is 4.79 Å². The second-order valence-electron chi connectivity index (χ2n) is 3.11. The molecule has 0 spiro atoms. The Labute approximate surface area is 90.8 Å². The second-order valence-corrected chi connectivity index (χ2v) is 3.11. The highest BCUT2D eigenvalue weighted by Crippen LogP contribution is 1.99. The fraction of sp³-hybridized carbons (Fsp3) is 0.800. The van der Waals surface area contributed by atoms with Crippen LogP contribution in [0.3, 0.4) is 0 Å². The van der Waals surface area contributed by atoms with Gasteiger partial charge >= 0.3 is 6.09 Å². The molecule has 5 heteroatoms. The predicted octanol–water partition coefficient (Wildman–Crippen LogP) is 0.989. The maximum atomic E-state index is 11.8. The van der Waals surface area contributed by atoms with E-state index >= 15 is 0 Å². The van der Waals surface area contributed by atoms with E-state index in [0.29, 0.717) is 19.5 Å². The summed E-state index contributed by atoms with van der Waals surface area (Å²) < 4.78 is 4.46. The van der Waals surface area contributed by atoms with Gasteiger partial charge in [0.05, 0.1) is 7.11 Å². The van der Waals surface area contributed by atoms with Crippen molar-refractivity contribution in [3.05, 3.63) is 0 Å². The van der Waals surface area contributed by atoms with Crippen LogP contribution in [-0.2, 0) is 9.53 Å². The zero-order chi connectivity index (χ0) is 11.8. The molecule has 88 valence electrons. The van der Waals surface area contributed by atoms with Crippen molar-refractivity contribution in [2.24, 2.45) is 0 Å². The van der Waals surface area contributed by atoms with Crippen LogP contribution in [0, 0.1) is 0 Å². The van der Waals surface area contributed by atoms with Crippen molar-refractivity contribution >= 4 is 12.0 Å². The van der Waals surface area contributed by atoms with Gasteiger partial charge in [0, 0.05) is 13.1 Å². The molecule has 0 aliphatic heterocycles. The number of likely N-dealkylation sites (N-methyl/N-ethyl adjacent to an activating group) is 1. The summed E-state index contributed by atoms with van der Waals surface area (Å²) in [6.07, 6.45) is -0.00731. The van der Waals surface area contributed by atoms with E-state index in [9.17, 15) is 9.59 Å². The molecular weight excluding hydrogens is 196 g/mol. The lowest BCUT2D eigenvalue weighted by Crippen LogP contribution is -2.48. The summed E-state index contributed by atoms with van der Waals surface area (Å²) in [5.74, 6) is -0.0621. The molecule has 0 aromatic rings. The molecule has 0 aromatic carbocycles. The van der Waals surface area contributed by atoms with Crippen molar-refractivity contribution < 1.29 is 14.3 Å². The fourth-order valence-electron chi connectivity index (χ4n) is 1.30. The van der Waals surface area contributed by atoms with E-state index in [1.54, 1.807) is 4.90 Å². The van der Waals surface area contributed by atoms with Crippen LogP contribution in [0.4, 0.5) is 4.79 Å². The topological polar surface area (TPSA) is 58.6 Å². The fourth-order valence-corrected chi connectivity index (χ4v) is 1.30. The number of rotatable bonds is 5. The number of carbonyl (C=O) groups is 2. The molecule has 1 unspecified atom stereocenters. The van der Waals surface area contributed by atoms with Crippen LogP contribution >= 0.6 is 0 Å². The van der Waals surface area contributed by atoms with Crippen LogP contribution in [0.1, 0.15) is 27.2 Å². The van der Waals surface area contributed by atoms with Gasteiger partial charge in [-0.2, -0.15) is 0 Å². The highest BCUT2D eigenvalue weighted by atomic mass is 16.5. The molecule has 0 heterocycles. The molecule has 0 rings (SSSR count). The summed E-state index contributed by atoms with van der Waals surface area (Å²) in [5, 5.41) is 2.51. The van der Waals surface area contributed by atoms with Crippen LogP contribution in [0.15, 0.2) is 0 Å². The molecule has 0 aliphatic rings. The van der Waals surface area contributed by atoms with Crippen LogP contribution in [0.5, 0.6) is 0 Å². The molecule has 0 bridgehead atoms. The Balaban J connectivity index is 4.38. The summed E-state index contributed by atoms with van der Waals surface area (Å²) in [7, 11) is 1.28. The molecule has 1 N–H and O–H groups in total. The largest absolute Gasteiger partial charge is 0.453 e. The number of amides is 2. The number of alkyl carbamates (subject to hydrolysis) is 1. The molecule has 0 fully saturated rings. The van der Waals surface area contributed by atoms with Crippen molar-refractivity contribution in [2.75, 3.05) is 20.2 Å². The molecular formula is C10H20N2O3. The minimum atomic E-state index is -0.567. The second kappa shape index (κ2) is 7.09. The first-order chi connectivity index (χ1) is 7.10. The third-order valence-corrected chi connectivity index (χ3v) is 2.26. The van der Waals surface area contributed by atoms with Crippen molar-refractivity contribution in [3.8, 4) is 0 Å². The van der Waals surface area contributed by atoms with Gasteiger partial charge in [-0.15, -0.1) is 0 Å². The van der Waals surface area contributed by atoms with Crippen molar-refractivity contribution in [3.63, 3.8) is 0 Å². The van der Waals surface area contributed by atoms with Gasteiger partial charge in [0.2, 0.25) is 5.91 Å². The van der Waals surface area contributed by atoms with E-state index < -0.39 is 12.1 Å². The number of carbonyl (C=O) groups excluding carboxylic acids is 2. The first-order valence-corrected chi connectivity index (χ1v) is 5.23. The Morgan fingerprint density at radius 2 is 1.80 bits per heavy atom. The summed E-state index contributed by atoms with van der Waals surface area (Å²) in [5.41, 5.74) is 0. The minimum absolute atomic E-state index is 0.0621. The summed E-state index contributed by atoms with van der Waals surface area (Å²) in [6.45, 7) is 6.96. The number of ether oxygens (including phenoxy) is 1. The highest BCUT2D eigenvalue weighted by Gasteiger charge is 2.22. The number of hydrogen-bond donors (Lipinski definition) is 1. The van der Waals surface area contributed by atoms with Crippen LogP contribution in [0.25, 0.3) is 0 Å². The van der Waals surface area contributed by atoms with Gasteiger partial charge in [0.1, 0.15) is 6.04 Å². The zero-order valence-corrected chi connectivity index (χ0v) is 9.87. The summed E-state index contributed by atoms with van der Waals surface area (Å²) in [4.78, 5) is 24.5. The third kappa shape index (κ3) is 4.18. The number of nitrogens with one attached hydrogen (secondary N) is 1. The number of nitrogens with zero attached hydrogens (tertiary/aromatic N) is 1. The quantitative estimate of drug-likeness (QED) is 0.745. The Hall–Kier alpha value is -1.26. The Kier molecular flexibility index (Phi) is 6.49. The lowest BCUT2D eigenvalue weighted by molar-refractivity contribution is -0.133. The van der Waals surface area contributed by atoms with Crippen molar-refractivity contribution in [1.29, 1.82) is 0 Å². The minimum Gasteiger partial charge on any atom is -0.453 e. The van der Waals surface area contributed by atoms with E-state index in [4.69, 9.17) is 0 Å². The molecule has 0 aliphatic carbocycles. The first-order valence-electron chi connectivity index (χ1n) is 5.23. The lowest BCUT2D eigenvalue weighted by Gasteiger charge is -2.24. The molecule has 2 amide bonds. The van der Waals surface area contributed by atoms with Crippen LogP contribution in [0.2, 0.25) is 0 Å². The van der Waals surface area contributed by atoms with Crippen molar-refractivity contribution in [2.45, 2.75) is 33.2 Å². The molecule has 0 aromatic heterocycles. The predicted molar refractivity (Wildman–Crippen MR) is 57.5 cm³/mol. The van der Waals surface area contributed by atoms with E-state index in [1.165, 1.54) is 7.11 Å². The molecule has 15 heavy (non-hydrogen) atoms. The molecule has 0 radical (unpaired) electrons. The number of methoxy groups -OCH3 is 1. The molecule has 0 saturated heterocycles. The summed E-state index contributed by atoms with van der Waals surface area (Å²) in [6, 6.07) is -0.489. The summed E-state index contributed by atoms with van der Waals surface area (Å²) >= 11 is 0. The SMILES string of the molecule is CCC(NC(=O)OC)C(=O)N(CC)CC. The monoisotopic (exact) mass is 216 g/mol. The third-order valence-electron chi connectivity index (χ3n) is 2.26. The lowest BCUT2D eigenvalue weighted by atomic mass is 10.2. The maximum Gasteiger partial charge on any atom is 0.407 e. The molecule has 0 saturated carbocycles. The average molecular weight is 216 g/mol. The number of hydrogen-bond acceptors (Lipinski definition) is 3. The van der Waals surface area contributed by atoms with Crippen molar-refractivity contribution in [1.82, 2.24) is 10.2 Å². The zero-order valence-electron chi connectivity index (χ0n) is 9.87. The van der Waals surface area contributed by atoms with Gasteiger partial charge in [-0.1, -0.05) is 6.92 Å². The highest BCUT2D eigenvalue weighted by molar-refractivity contribution is 5.85. The van der Waals surface area contributed by atoms with E-state index in [0.717, 1.165) is 0 Å². The standard InChI is InChI=1S/C10H20N2O3/c1-5-8(11-10(14)15-4)9(13)12(6-2)7-3/h8H,5-7H2,1-4H3,(H,11,14). The average Bonchev–Trinajstić information content (AvgIpc) is 2.26. The van der Waals surface area contributed by atoms with Crippen LogP contribution < -0.4 is 5.32 Å². The van der Waals surface area contributed by atoms with Gasteiger partial charge in [0.25, 0.3) is 0 Å². The Morgan fingerprint density at radius 3 is 2.13 bits per heavy atom. The van der Waals surface area contributed by atoms with E-state index in [1.807, 2.05) is 20.8 Å². The molecule has 5 nitrogen and oxygen atoms in total. The smallest absolute Gasteiger partial charge is 0.407 e. The molecule has 1 atom stereocenters. The van der Waals surface area contributed by atoms with E-state index in [-0.39, 0.29) is 5.91 Å². The van der Waals surface area contributed by atoms with Crippen LogP contribution in [-0.4, -0.2) is 43.1 Å². The Bertz CT molecular complexity index is 215. The van der Waals surface area contributed by atoms with E-state index in [2.05, 4.69) is 10.1 Å². The van der Waals surface area contributed by atoms with Gasteiger partial charge in [-0.05, 0) is 20.3 Å². The van der Waals surface area contributed by atoms with Gasteiger partial charge in [0.15, 0.2) is 0 Å². The van der Waals surface area contributed by atoms with Gasteiger partial charge in [-0.25, -0.2) is 4.79 Å². The first kappa shape index (κ1) is 13.7. The van der Waals surface area contributed by atoms with Gasteiger partial charge < -0.3 is 15.0 Å². The maximum absolute atomic E-state index is 11.8. The Morgan fingerprint density at radius 1 is 1.27 bits per heavy atom.